The van der Waals surface area contributed by atoms with Crippen LogP contribution in [0.5, 0.6) is 0 Å². The summed E-state index contributed by atoms with van der Waals surface area (Å²) in [5.74, 6) is 0.829. The van der Waals surface area contributed by atoms with E-state index in [2.05, 4.69) is 25.5 Å². The summed E-state index contributed by atoms with van der Waals surface area (Å²) in [4.78, 5) is 7.82. The van der Waals surface area contributed by atoms with Gasteiger partial charge in [0.25, 0.3) is 0 Å². The molecule has 0 saturated heterocycles. The quantitative estimate of drug-likeness (QED) is 0.671. The van der Waals surface area contributed by atoms with E-state index in [9.17, 15) is 0 Å². The topological polar surface area (TPSA) is 38.5 Å². The molecule has 0 atom stereocenters. The van der Waals surface area contributed by atoms with E-state index >= 15 is 0 Å². The number of benzene rings is 1. The number of hydrogen-bond donors (Lipinski definition) is 1. The average molecular weight is 277 g/mol. The first kappa shape index (κ1) is 9.63. The molecule has 0 aliphatic carbocycles. The number of aromatic amines is 1. The Bertz CT molecular complexity index is 671. The van der Waals surface area contributed by atoms with Gasteiger partial charge in [-0.05, 0) is 0 Å². The zero-order valence-electron chi connectivity index (χ0n) is 8.71. The van der Waals surface area contributed by atoms with Crippen molar-refractivity contribution in [1.82, 2.24) is 19.1 Å². The molecule has 0 spiro atoms. The Morgan fingerprint density at radius 1 is 1.25 bits per heavy atom. The molecule has 1 N–H and O–H groups in total. The fourth-order valence-electron chi connectivity index (χ4n) is 1.68. The molecule has 1 aromatic carbocycles. The van der Waals surface area contributed by atoms with E-state index in [1.807, 2.05) is 52.8 Å². The van der Waals surface area contributed by atoms with Gasteiger partial charge in [-0.25, -0.2) is 0 Å². The Balaban J connectivity index is 2.27. The van der Waals surface area contributed by atoms with E-state index in [0.29, 0.717) is 0 Å². The summed E-state index contributed by atoms with van der Waals surface area (Å²) in [7, 11) is 1.99. The second-order valence-corrected chi connectivity index (χ2v) is 4.41. The summed E-state index contributed by atoms with van der Waals surface area (Å²) in [6, 6.07) is 8.01. The summed E-state index contributed by atoms with van der Waals surface area (Å²) >= 11 is 3.03. The molecule has 16 heavy (non-hydrogen) atoms. The first-order valence-corrected chi connectivity index (χ1v) is 5.80. The standard InChI is InChI=1S/C11H10N4Se/c1-14-6-7-15(11(14)16)10-12-8-4-2-3-5-9(8)13-10/h2-7H,1H3,(H,12,13). The molecule has 2 heterocycles. The van der Waals surface area contributed by atoms with Gasteiger partial charge in [0, 0.05) is 0 Å². The second kappa shape index (κ2) is 3.47. The van der Waals surface area contributed by atoms with Gasteiger partial charge in [0.1, 0.15) is 0 Å². The molecule has 0 saturated carbocycles. The number of para-hydroxylation sites is 2. The Kier molecular flexibility index (Phi) is 2.09. The molecule has 0 amide bonds. The number of imidazole rings is 2. The molecular weight excluding hydrogens is 267 g/mol. The van der Waals surface area contributed by atoms with Crippen molar-refractivity contribution < 1.29 is 0 Å². The number of aromatic nitrogens is 4. The summed E-state index contributed by atoms with van der Waals surface area (Å²) in [6.07, 6.45) is 3.96. The van der Waals surface area contributed by atoms with Gasteiger partial charge in [0.05, 0.1) is 0 Å². The number of fused-ring (bicyclic) bond motifs is 1. The van der Waals surface area contributed by atoms with Crippen LogP contribution in [0, 0.1) is 4.32 Å². The van der Waals surface area contributed by atoms with Crippen LogP contribution in [0.15, 0.2) is 36.7 Å². The molecule has 0 fully saturated rings. The number of nitrogens with zero attached hydrogens (tertiary/aromatic N) is 3. The zero-order valence-corrected chi connectivity index (χ0v) is 10.4. The number of aryl methyl sites for hydroxylation is 1. The van der Waals surface area contributed by atoms with Crippen LogP contribution >= 0.6 is 0 Å². The van der Waals surface area contributed by atoms with Crippen molar-refractivity contribution in [2.45, 2.75) is 0 Å². The van der Waals surface area contributed by atoms with Crippen LogP contribution in [0.25, 0.3) is 17.0 Å². The van der Waals surface area contributed by atoms with Crippen molar-refractivity contribution in [1.29, 1.82) is 0 Å². The van der Waals surface area contributed by atoms with Gasteiger partial charge in [-0.3, -0.25) is 0 Å². The van der Waals surface area contributed by atoms with Crippen molar-refractivity contribution in [2.24, 2.45) is 7.05 Å². The number of rotatable bonds is 1. The maximum absolute atomic E-state index is 4.53. The first-order valence-electron chi connectivity index (χ1n) is 4.95. The number of H-pyrrole nitrogens is 1. The fraction of sp³-hybridized carbons (Fsp3) is 0.0909. The van der Waals surface area contributed by atoms with Crippen molar-refractivity contribution >= 4 is 26.6 Å². The Morgan fingerprint density at radius 3 is 2.75 bits per heavy atom. The molecular formula is C11H10N4Se. The Morgan fingerprint density at radius 2 is 2.06 bits per heavy atom. The monoisotopic (exact) mass is 278 g/mol. The number of hydrogen-bond acceptors (Lipinski definition) is 1. The summed E-state index contributed by atoms with van der Waals surface area (Å²) < 4.78 is 5.01. The molecule has 0 aliphatic heterocycles. The molecule has 80 valence electrons. The third kappa shape index (κ3) is 1.37. The Hall–Kier alpha value is -1.58. The average Bonchev–Trinajstić information content (AvgIpc) is 2.84. The van der Waals surface area contributed by atoms with E-state index in [1.165, 1.54) is 0 Å². The van der Waals surface area contributed by atoms with Crippen LogP contribution < -0.4 is 0 Å². The van der Waals surface area contributed by atoms with E-state index in [1.54, 1.807) is 0 Å². The predicted molar refractivity (Wildman–Crippen MR) is 63.4 cm³/mol. The van der Waals surface area contributed by atoms with Crippen LogP contribution in [0.2, 0.25) is 0 Å². The first-order chi connectivity index (χ1) is 7.75. The van der Waals surface area contributed by atoms with Crippen LogP contribution in [-0.2, 0) is 7.05 Å². The van der Waals surface area contributed by atoms with Crippen molar-refractivity contribution in [3.05, 3.63) is 41.0 Å². The number of nitrogens with one attached hydrogen (secondary N) is 1. The molecule has 0 unspecified atom stereocenters. The van der Waals surface area contributed by atoms with Crippen molar-refractivity contribution in [3.8, 4) is 5.95 Å². The molecule has 0 bridgehead atoms. The minimum absolute atomic E-state index is 0.829. The molecule has 4 nitrogen and oxygen atoms in total. The summed E-state index contributed by atoms with van der Waals surface area (Å²) in [6.45, 7) is 0. The second-order valence-electron chi connectivity index (χ2n) is 3.64. The van der Waals surface area contributed by atoms with E-state index in [4.69, 9.17) is 0 Å². The molecule has 3 rings (SSSR count). The van der Waals surface area contributed by atoms with E-state index in [0.717, 1.165) is 21.3 Å². The third-order valence-corrected chi connectivity index (χ3v) is 3.57. The normalized spacial score (nSPS) is 11.1. The molecule has 0 radical (unpaired) electrons. The van der Waals surface area contributed by atoms with Crippen molar-refractivity contribution in [3.63, 3.8) is 0 Å². The van der Waals surface area contributed by atoms with E-state index < -0.39 is 0 Å². The van der Waals surface area contributed by atoms with Gasteiger partial charge in [0.2, 0.25) is 0 Å². The SMILES string of the molecule is Cn1ccn(-c2nc3ccccc3[nH]2)c1=[Se]. The summed E-state index contributed by atoms with van der Waals surface area (Å²) in [5, 5.41) is 0. The minimum atomic E-state index is 0.829. The van der Waals surface area contributed by atoms with Crippen LogP contribution in [-0.4, -0.2) is 34.7 Å². The van der Waals surface area contributed by atoms with Gasteiger partial charge in [0.15, 0.2) is 0 Å². The van der Waals surface area contributed by atoms with Gasteiger partial charge < -0.3 is 0 Å². The summed E-state index contributed by atoms with van der Waals surface area (Å²) in [5.41, 5.74) is 2.03. The predicted octanol–water partition coefficient (Wildman–Crippen LogP) is 1.39. The van der Waals surface area contributed by atoms with Gasteiger partial charge in [-0.15, -0.1) is 0 Å². The Labute approximate surface area is 99.9 Å². The van der Waals surface area contributed by atoms with Gasteiger partial charge >= 0.3 is 99.7 Å². The van der Waals surface area contributed by atoms with Crippen molar-refractivity contribution in [2.75, 3.05) is 0 Å². The molecule has 0 aliphatic rings. The van der Waals surface area contributed by atoms with Crippen LogP contribution in [0.1, 0.15) is 0 Å². The third-order valence-electron chi connectivity index (χ3n) is 2.55. The van der Waals surface area contributed by atoms with Gasteiger partial charge in [-0.2, -0.15) is 0 Å². The van der Waals surface area contributed by atoms with E-state index in [-0.39, 0.29) is 0 Å². The molecule has 2 aromatic heterocycles. The van der Waals surface area contributed by atoms with Crippen LogP contribution in [0.4, 0.5) is 0 Å². The fourth-order valence-corrected chi connectivity index (χ4v) is 2.12. The molecule has 5 heteroatoms. The molecule has 3 aromatic rings. The zero-order chi connectivity index (χ0) is 11.1. The maximum atomic E-state index is 4.53. The van der Waals surface area contributed by atoms with Crippen LogP contribution in [0.3, 0.4) is 0 Å². The van der Waals surface area contributed by atoms with Gasteiger partial charge in [-0.1, -0.05) is 0 Å².